The molecule has 3 aromatic heterocycles. The van der Waals surface area contributed by atoms with Crippen LogP contribution in [0.5, 0.6) is 0 Å². The Kier molecular flexibility index (Phi) is 3.32. The van der Waals surface area contributed by atoms with Gasteiger partial charge in [0.15, 0.2) is 5.58 Å². The van der Waals surface area contributed by atoms with Crippen LogP contribution < -0.4 is 0 Å². The van der Waals surface area contributed by atoms with Gasteiger partial charge in [0.05, 0.1) is 12.0 Å². The SMILES string of the molecule is Cc1ccc2c(-c3ncccc3-c3ccccc3)cc3ccoc3c2n1. The van der Waals surface area contributed by atoms with Gasteiger partial charge in [0, 0.05) is 33.8 Å². The number of benzene rings is 2. The Morgan fingerprint density at radius 2 is 1.73 bits per heavy atom. The molecule has 26 heavy (non-hydrogen) atoms. The molecule has 0 spiro atoms. The van der Waals surface area contributed by atoms with Crippen molar-refractivity contribution in [2.45, 2.75) is 6.92 Å². The number of rotatable bonds is 2. The molecule has 3 heterocycles. The molecule has 5 rings (SSSR count). The van der Waals surface area contributed by atoms with Crippen molar-refractivity contribution < 1.29 is 4.42 Å². The fraction of sp³-hybridized carbons (Fsp3) is 0.0435. The van der Waals surface area contributed by atoms with Gasteiger partial charge in [-0.15, -0.1) is 0 Å². The lowest BCUT2D eigenvalue weighted by Crippen LogP contribution is -1.92. The highest BCUT2D eigenvalue weighted by molar-refractivity contribution is 6.10. The van der Waals surface area contributed by atoms with E-state index in [2.05, 4.69) is 42.5 Å². The van der Waals surface area contributed by atoms with E-state index in [0.717, 1.165) is 50.0 Å². The second kappa shape index (κ2) is 5.81. The Balaban J connectivity index is 1.88. The summed E-state index contributed by atoms with van der Waals surface area (Å²) in [5, 5.41) is 2.09. The first-order chi connectivity index (χ1) is 12.8. The summed E-state index contributed by atoms with van der Waals surface area (Å²) in [5.41, 5.74) is 6.96. The second-order valence-corrected chi connectivity index (χ2v) is 6.38. The van der Waals surface area contributed by atoms with Gasteiger partial charge >= 0.3 is 0 Å². The van der Waals surface area contributed by atoms with Crippen molar-refractivity contribution in [1.82, 2.24) is 9.97 Å². The summed E-state index contributed by atoms with van der Waals surface area (Å²) in [6.07, 6.45) is 3.56. The first-order valence-electron chi connectivity index (χ1n) is 8.59. The van der Waals surface area contributed by atoms with E-state index in [4.69, 9.17) is 14.4 Å². The third-order valence-corrected chi connectivity index (χ3v) is 4.68. The Hall–Kier alpha value is -3.46. The molecule has 0 saturated carbocycles. The molecule has 3 nitrogen and oxygen atoms in total. The summed E-state index contributed by atoms with van der Waals surface area (Å²) >= 11 is 0. The van der Waals surface area contributed by atoms with E-state index in [1.54, 1.807) is 6.26 Å². The second-order valence-electron chi connectivity index (χ2n) is 6.38. The molecule has 0 aliphatic carbocycles. The zero-order valence-corrected chi connectivity index (χ0v) is 14.3. The van der Waals surface area contributed by atoms with Gasteiger partial charge in [-0.2, -0.15) is 0 Å². The lowest BCUT2D eigenvalue weighted by atomic mass is 9.95. The van der Waals surface area contributed by atoms with E-state index < -0.39 is 0 Å². The molecule has 2 aromatic carbocycles. The quantitative estimate of drug-likeness (QED) is 0.396. The minimum Gasteiger partial charge on any atom is -0.462 e. The van der Waals surface area contributed by atoms with Crippen LogP contribution in [-0.4, -0.2) is 9.97 Å². The van der Waals surface area contributed by atoms with Crippen molar-refractivity contribution in [3.63, 3.8) is 0 Å². The number of aryl methyl sites for hydroxylation is 1. The number of nitrogens with zero attached hydrogens (tertiary/aromatic N) is 2. The molecule has 3 heteroatoms. The van der Waals surface area contributed by atoms with Gasteiger partial charge in [-0.3, -0.25) is 4.98 Å². The highest BCUT2D eigenvalue weighted by Gasteiger charge is 2.16. The van der Waals surface area contributed by atoms with Crippen LogP contribution in [0.25, 0.3) is 44.3 Å². The Labute approximate surface area is 151 Å². The first kappa shape index (κ1) is 14.8. The van der Waals surface area contributed by atoms with Gasteiger partial charge in [0.2, 0.25) is 0 Å². The average Bonchev–Trinajstić information content (AvgIpc) is 3.17. The highest BCUT2D eigenvalue weighted by atomic mass is 16.3. The van der Waals surface area contributed by atoms with Crippen LogP contribution in [0.3, 0.4) is 0 Å². The minimum atomic E-state index is 0.824. The lowest BCUT2D eigenvalue weighted by molar-refractivity contribution is 0.618. The average molecular weight is 336 g/mol. The zero-order chi connectivity index (χ0) is 17.5. The van der Waals surface area contributed by atoms with Gasteiger partial charge < -0.3 is 4.42 Å². The standard InChI is InChI=1S/C23H16N2O/c1-15-9-10-19-20(14-17-11-13-26-23(17)22(19)25-15)21-18(8-5-12-24-21)16-6-3-2-4-7-16/h2-14H,1H3. The van der Waals surface area contributed by atoms with E-state index in [9.17, 15) is 0 Å². The van der Waals surface area contributed by atoms with Gasteiger partial charge in [0.25, 0.3) is 0 Å². The van der Waals surface area contributed by atoms with Crippen molar-refractivity contribution in [2.75, 3.05) is 0 Å². The maximum atomic E-state index is 5.71. The largest absolute Gasteiger partial charge is 0.462 e. The van der Waals surface area contributed by atoms with E-state index in [1.165, 1.54) is 0 Å². The number of aromatic nitrogens is 2. The van der Waals surface area contributed by atoms with Crippen LogP contribution in [-0.2, 0) is 0 Å². The number of furan rings is 1. The van der Waals surface area contributed by atoms with Gasteiger partial charge in [-0.05, 0) is 36.8 Å². The first-order valence-corrected chi connectivity index (χ1v) is 8.59. The molecule has 0 amide bonds. The summed E-state index contributed by atoms with van der Waals surface area (Å²) in [4.78, 5) is 9.47. The monoisotopic (exact) mass is 336 g/mol. The third-order valence-electron chi connectivity index (χ3n) is 4.68. The van der Waals surface area contributed by atoms with Gasteiger partial charge in [-0.1, -0.05) is 42.5 Å². The van der Waals surface area contributed by atoms with Crippen molar-refractivity contribution >= 4 is 21.9 Å². The van der Waals surface area contributed by atoms with E-state index in [-0.39, 0.29) is 0 Å². The molecule has 0 fully saturated rings. The molecule has 0 atom stereocenters. The van der Waals surface area contributed by atoms with E-state index >= 15 is 0 Å². The molecular formula is C23H16N2O. The molecular weight excluding hydrogens is 320 g/mol. The summed E-state index contributed by atoms with van der Waals surface area (Å²) in [7, 11) is 0. The molecule has 0 aliphatic rings. The Bertz CT molecular complexity index is 1240. The van der Waals surface area contributed by atoms with Crippen LogP contribution >= 0.6 is 0 Å². The minimum absolute atomic E-state index is 0.824. The molecule has 5 aromatic rings. The molecule has 0 aliphatic heterocycles. The van der Waals surface area contributed by atoms with E-state index in [1.807, 2.05) is 37.4 Å². The summed E-state index contributed by atoms with van der Waals surface area (Å²) in [6, 6.07) is 22.7. The number of hydrogen-bond donors (Lipinski definition) is 0. The third kappa shape index (κ3) is 2.29. The van der Waals surface area contributed by atoms with E-state index in [0.29, 0.717) is 0 Å². The number of fused-ring (bicyclic) bond motifs is 3. The van der Waals surface area contributed by atoms with Crippen molar-refractivity contribution in [3.05, 3.63) is 84.9 Å². The van der Waals surface area contributed by atoms with Crippen LogP contribution in [0.2, 0.25) is 0 Å². The van der Waals surface area contributed by atoms with Crippen molar-refractivity contribution in [2.24, 2.45) is 0 Å². The maximum Gasteiger partial charge on any atom is 0.160 e. The summed E-state index contributed by atoms with van der Waals surface area (Å²) in [6.45, 7) is 2.00. The smallest absolute Gasteiger partial charge is 0.160 e. The van der Waals surface area contributed by atoms with Gasteiger partial charge in [-0.25, -0.2) is 4.98 Å². The molecule has 124 valence electrons. The molecule has 0 saturated heterocycles. The summed E-state index contributed by atoms with van der Waals surface area (Å²) < 4.78 is 5.71. The van der Waals surface area contributed by atoms with Crippen LogP contribution in [0.1, 0.15) is 5.69 Å². The van der Waals surface area contributed by atoms with Crippen LogP contribution in [0, 0.1) is 6.92 Å². The number of pyridine rings is 2. The van der Waals surface area contributed by atoms with Crippen LogP contribution in [0.15, 0.2) is 83.6 Å². The molecule has 0 bridgehead atoms. The van der Waals surface area contributed by atoms with Crippen LogP contribution in [0.4, 0.5) is 0 Å². The maximum absolute atomic E-state index is 5.71. The van der Waals surface area contributed by atoms with Crippen molar-refractivity contribution in [3.8, 4) is 22.4 Å². The Morgan fingerprint density at radius 3 is 2.62 bits per heavy atom. The van der Waals surface area contributed by atoms with Crippen molar-refractivity contribution in [1.29, 1.82) is 0 Å². The lowest BCUT2D eigenvalue weighted by Gasteiger charge is -2.12. The predicted molar refractivity (Wildman–Crippen MR) is 105 cm³/mol. The fourth-order valence-electron chi connectivity index (χ4n) is 3.47. The highest BCUT2D eigenvalue weighted by Crippen LogP contribution is 2.38. The molecule has 0 N–H and O–H groups in total. The topological polar surface area (TPSA) is 38.9 Å². The van der Waals surface area contributed by atoms with Gasteiger partial charge in [0.1, 0.15) is 5.52 Å². The Morgan fingerprint density at radius 1 is 0.846 bits per heavy atom. The number of hydrogen-bond acceptors (Lipinski definition) is 3. The zero-order valence-electron chi connectivity index (χ0n) is 14.3. The molecule has 0 unspecified atom stereocenters. The fourth-order valence-corrected chi connectivity index (χ4v) is 3.47. The predicted octanol–water partition coefficient (Wildman–Crippen LogP) is 6.02. The summed E-state index contributed by atoms with van der Waals surface area (Å²) in [5.74, 6) is 0. The normalized spacial score (nSPS) is 11.3. The molecule has 0 radical (unpaired) electrons.